The molecule has 2 N–H and O–H groups in total. The van der Waals surface area contributed by atoms with E-state index in [2.05, 4.69) is 24.0 Å². The minimum absolute atomic E-state index is 0.174. The smallest absolute Gasteiger partial charge is 0.122 e. The molecule has 4 heteroatoms. The highest BCUT2D eigenvalue weighted by atomic mass is 16.5. The Morgan fingerprint density at radius 2 is 2.16 bits per heavy atom. The lowest BCUT2D eigenvalue weighted by Gasteiger charge is -2.24. The molecule has 1 aromatic rings. The molecule has 2 aliphatic rings. The van der Waals surface area contributed by atoms with Gasteiger partial charge in [-0.1, -0.05) is 6.92 Å². The fourth-order valence-corrected chi connectivity index (χ4v) is 3.18. The highest BCUT2D eigenvalue weighted by Gasteiger charge is 2.39. The maximum absolute atomic E-state index is 6.26. The van der Waals surface area contributed by atoms with Crippen molar-refractivity contribution in [1.29, 1.82) is 0 Å². The van der Waals surface area contributed by atoms with Crippen LogP contribution in [0.5, 0.6) is 0 Å². The molecule has 2 fully saturated rings. The minimum atomic E-state index is 0.174. The molecule has 4 unspecified atom stereocenters. The highest BCUT2D eigenvalue weighted by Crippen LogP contribution is 2.48. The van der Waals surface area contributed by atoms with Crippen LogP contribution in [-0.4, -0.2) is 37.7 Å². The Balaban J connectivity index is 1.72. The minimum Gasteiger partial charge on any atom is -0.464 e. The molecular formula is C15H24N2O2. The van der Waals surface area contributed by atoms with Crippen LogP contribution in [0.4, 0.5) is 0 Å². The van der Waals surface area contributed by atoms with Crippen molar-refractivity contribution >= 4 is 0 Å². The summed E-state index contributed by atoms with van der Waals surface area (Å²) in [4.78, 5) is 2.38. The van der Waals surface area contributed by atoms with E-state index in [4.69, 9.17) is 14.9 Å². The van der Waals surface area contributed by atoms with Crippen molar-refractivity contribution in [3.05, 3.63) is 23.7 Å². The quantitative estimate of drug-likeness (QED) is 0.885. The third-order valence-corrected chi connectivity index (χ3v) is 4.55. The molecule has 0 amide bonds. The van der Waals surface area contributed by atoms with Gasteiger partial charge in [0.2, 0.25) is 0 Å². The van der Waals surface area contributed by atoms with Crippen LogP contribution in [0.15, 0.2) is 16.5 Å². The summed E-state index contributed by atoms with van der Waals surface area (Å²) in [6, 6.07) is 4.66. The zero-order valence-corrected chi connectivity index (χ0v) is 11.8. The number of methoxy groups -OCH3 is 1. The Labute approximate surface area is 114 Å². The molecule has 1 aliphatic carbocycles. The van der Waals surface area contributed by atoms with E-state index in [9.17, 15) is 0 Å². The van der Waals surface area contributed by atoms with Crippen LogP contribution in [0, 0.1) is 5.92 Å². The van der Waals surface area contributed by atoms with Crippen molar-refractivity contribution in [1.82, 2.24) is 4.90 Å². The van der Waals surface area contributed by atoms with Gasteiger partial charge >= 0.3 is 0 Å². The Hall–Kier alpha value is -0.840. The van der Waals surface area contributed by atoms with E-state index >= 15 is 0 Å². The van der Waals surface area contributed by atoms with E-state index < -0.39 is 0 Å². The molecule has 0 radical (unpaired) electrons. The number of hydrogen-bond donors (Lipinski definition) is 1. The Bertz CT molecular complexity index is 432. The second kappa shape index (κ2) is 5.27. The molecule has 0 spiro atoms. The number of furan rings is 1. The predicted octanol–water partition coefficient (Wildman–Crippen LogP) is 2.12. The summed E-state index contributed by atoms with van der Waals surface area (Å²) in [7, 11) is 1.74. The molecule has 4 nitrogen and oxygen atoms in total. The molecule has 1 aromatic heterocycles. The van der Waals surface area contributed by atoms with Gasteiger partial charge in [0, 0.05) is 32.2 Å². The summed E-state index contributed by atoms with van der Waals surface area (Å²) in [5, 5.41) is 0. The van der Waals surface area contributed by atoms with Gasteiger partial charge < -0.3 is 14.9 Å². The average molecular weight is 264 g/mol. The fraction of sp³-hybridized carbons (Fsp3) is 0.733. The summed E-state index contributed by atoms with van der Waals surface area (Å²) in [6.07, 6.45) is 2.29. The SMILES string of the molecule is COCCN1CCC(N)C1c1ccc(C2CC2C)o1. The van der Waals surface area contributed by atoms with Gasteiger partial charge in [-0.25, -0.2) is 0 Å². The molecule has 0 aromatic carbocycles. The standard InChI is InChI=1S/C15H24N2O2/c1-10-9-11(10)13-3-4-14(19-13)15-12(16)5-6-17(15)7-8-18-2/h3-4,10-12,15H,5-9,16H2,1-2H3. The Kier molecular flexibility index (Phi) is 3.65. The third-order valence-electron chi connectivity index (χ3n) is 4.55. The number of nitrogens with two attached hydrogens (primary N) is 1. The summed E-state index contributed by atoms with van der Waals surface area (Å²) in [5.41, 5.74) is 6.26. The van der Waals surface area contributed by atoms with Gasteiger partial charge in [0.1, 0.15) is 11.5 Å². The summed E-state index contributed by atoms with van der Waals surface area (Å²) in [5.74, 6) is 3.60. The van der Waals surface area contributed by atoms with Crippen LogP contribution in [-0.2, 0) is 4.74 Å². The average Bonchev–Trinajstić information content (AvgIpc) is 2.81. The van der Waals surface area contributed by atoms with Crippen LogP contribution in [0.1, 0.15) is 43.2 Å². The lowest BCUT2D eigenvalue weighted by Crippen LogP contribution is -2.33. The first-order chi connectivity index (χ1) is 9.20. The summed E-state index contributed by atoms with van der Waals surface area (Å²) in [6.45, 7) is 4.98. The van der Waals surface area contributed by atoms with Gasteiger partial charge in [0.15, 0.2) is 0 Å². The monoisotopic (exact) mass is 264 g/mol. The van der Waals surface area contributed by atoms with Crippen molar-refractivity contribution in [2.24, 2.45) is 11.7 Å². The predicted molar refractivity (Wildman–Crippen MR) is 74.0 cm³/mol. The number of likely N-dealkylation sites (tertiary alicyclic amines) is 1. The van der Waals surface area contributed by atoms with Gasteiger partial charge in [-0.2, -0.15) is 0 Å². The fourth-order valence-electron chi connectivity index (χ4n) is 3.18. The molecule has 106 valence electrons. The van der Waals surface area contributed by atoms with Crippen molar-refractivity contribution < 1.29 is 9.15 Å². The van der Waals surface area contributed by atoms with Gasteiger partial charge in [0.05, 0.1) is 12.6 Å². The number of rotatable bonds is 5. The first-order valence-corrected chi connectivity index (χ1v) is 7.29. The van der Waals surface area contributed by atoms with E-state index in [0.717, 1.165) is 43.6 Å². The molecule has 1 saturated carbocycles. The number of ether oxygens (including phenoxy) is 1. The topological polar surface area (TPSA) is 51.6 Å². The highest BCUT2D eigenvalue weighted by molar-refractivity contribution is 5.21. The zero-order chi connectivity index (χ0) is 13.4. The van der Waals surface area contributed by atoms with E-state index in [1.165, 1.54) is 6.42 Å². The number of nitrogens with zero attached hydrogens (tertiary/aromatic N) is 1. The van der Waals surface area contributed by atoms with Crippen LogP contribution in [0.25, 0.3) is 0 Å². The van der Waals surface area contributed by atoms with E-state index in [1.54, 1.807) is 7.11 Å². The maximum Gasteiger partial charge on any atom is 0.122 e. The van der Waals surface area contributed by atoms with Gasteiger partial charge in [0.25, 0.3) is 0 Å². The Morgan fingerprint density at radius 3 is 2.84 bits per heavy atom. The first kappa shape index (κ1) is 13.2. The van der Waals surface area contributed by atoms with E-state index in [-0.39, 0.29) is 12.1 Å². The molecule has 0 bridgehead atoms. The van der Waals surface area contributed by atoms with Gasteiger partial charge in [-0.3, -0.25) is 4.90 Å². The van der Waals surface area contributed by atoms with Crippen LogP contribution < -0.4 is 5.73 Å². The molecular weight excluding hydrogens is 240 g/mol. The lowest BCUT2D eigenvalue weighted by molar-refractivity contribution is 0.131. The molecule has 3 rings (SSSR count). The van der Waals surface area contributed by atoms with Crippen molar-refractivity contribution in [3.8, 4) is 0 Å². The van der Waals surface area contributed by atoms with Crippen molar-refractivity contribution in [3.63, 3.8) is 0 Å². The van der Waals surface area contributed by atoms with Gasteiger partial charge in [-0.05, 0) is 30.9 Å². The van der Waals surface area contributed by atoms with Gasteiger partial charge in [-0.15, -0.1) is 0 Å². The molecule has 1 aliphatic heterocycles. The van der Waals surface area contributed by atoms with E-state index in [0.29, 0.717) is 5.92 Å². The largest absolute Gasteiger partial charge is 0.464 e. The zero-order valence-electron chi connectivity index (χ0n) is 11.8. The lowest BCUT2D eigenvalue weighted by atomic mass is 10.1. The number of hydrogen-bond acceptors (Lipinski definition) is 4. The van der Waals surface area contributed by atoms with Crippen molar-refractivity contribution in [2.75, 3.05) is 26.8 Å². The maximum atomic E-state index is 6.26. The second-order valence-corrected chi connectivity index (χ2v) is 5.99. The third kappa shape index (κ3) is 2.57. The van der Waals surface area contributed by atoms with Crippen molar-refractivity contribution in [2.45, 2.75) is 37.8 Å². The Morgan fingerprint density at radius 1 is 1.42 bits per heavy atom. The van der Waals surface area contributed by atoms with Crippen LogP contribution in [0.3, 0.4) is 0 Å². The molecule has 1 saturated heterocycles. The van der Waals surface area contributed by atoms with E-state index in [1.807, 2.05) is 0 Å². The first-order valence-electron chi connectivity index (χ1n) is 7.29. The summed E-state index contributed by atoms with van der Waals surface area (Å²) < 4.78 is 11.3. The molecule has 2 heterocycles. The normalized spacial score (nSPS) is 34.9. The summed E-state index contributed by atoms with van der Waals surface area (Å²) >= 11 is 0. The second-order valence-electron chi connectivity index (χ2n) is 5.99. The molecule has 4 atom stereocenters. The molecule has 19 heavy (non-hydrogen) atoms. The van der Waals surface area contributed by atoms with Crippen LogP contribution in [0.2, 0.25) is 0 Å². The van der Waals surface area contributed by atoms with Crippen LogP contribution >= 0.6 is 0 Å².